The summed E-state index contributed by atoms with van der Waals surface area (Å²) in [6.45, 7) is 0.240. The molecule has 0 atom stereocenters. The van der Waals surface area contributed by atoms with E-state index in [1.165, 1.54) is 12.6 Å². The summed E-state index contributed by atoms with van der Waals surface area (Å²) in [6, 6.07) is 3.41. The first-order valence-electron chi connectivity index (χ1n) is 4.96. The van der Waals surface area contributed by atoms with Crippen molar-refractivity contribution in [3.63, 3.8) is 0 Å². The van der Waals surface area contributed by atoms with Gasteiger partial charge in [-0.1, -0.05) is 5.16 Å². The molecule has 0 bridgehead atoms. The van der Waals surface area contributed by atoms with Crippen LogP contribution < -0.4 is 11.1 Å². The van der Waals surface area contributed by atoms with Crippen LogP contribution in [0.5, 0.6) is 0 Å². The van der Waals surface area contributed by atoms with E-state index in [2.05, 4.69) is 25.0 Å². The van der Waals surface area contributed by atoms with Crippen LogP contribution in [0.1, 0.15) is 11.5 Å². The van der Waals surface area contributed by atoms with Crippen molar-refractivity contribution in [2.24, 2.45) is 0 Å². The molecule has 0 aliphatic heterocycles. The normalized spacial score (nSPS) is 10.1. The Bertz CT molecular complexity index is 480. The van der Waals surface area contributed by atoms with Crippen LogP contribution in [0.4, 0.5) is 5.69 Å². The first-order chi connectivity index (χ1) is 8.24. The highest BCUT2D eigenvalue weighted by atomic mass is 16.5. The maximum absolute atomic E-state index is 11.5. The molecule has 1 amide bonds. The number of nitrogens with zero attached hydrogens (tertiary/aromatic N) is 3. The van der Waals surface area contributed by atoms with Crippen molar-refractivity contribution >= 4 is 11.6 Å². The van der Waals surface area contributed by atoms with Gasteiger partial charge < -0.3 is 15.6 Å². The average molecular weight is 233 g/mol. The van der Waals surface area contributed by atoms with Gasteiger partial charge in [0, 0.05) is 5.69 Å². The monoisotopic (exact) mass is 233 g/mol. The van der Waals surface area contributed by atoms with Crippen molar-refractivity contribution in [3.8, 4) is 0 Å². The van der Waals surface area contributed by atoms with Crippen LogP contribution in [0.3, 0.4) is 0 Å². The van der Waals surface area contributed by atoms with Gasteiger partial charge in [-0.25, -0.2) is 0 Å². The van der Waals surface area contributed by atoms with Crippen LogP contribution in [0.15, 0.2) is 29.2 Å². The van der Waals surface area contributed by atoms with E-state index in [1.807, 2.05) is 0 Å². The van der Waals surface area contributed by atoms with Crippen LogP contribution in [0.2, 0.25) is 0 Å². The Labute approximate surface area is 97.0 Å². The van der Waals surface area contributed by atoms with Gasteiger partial charge in [-0.15, -0.1) is 0 Å². The lowest BCUT2D eigenvalue weighted by Crippen LogP contribution is -2.25. The van der Waals surface area contributed by atoms with E-state index in [1.54, 1.807) is 12.1 Å². The molecule has 0 radical (unpaired) electrons. The van der Waals surface area contributed by atoms with Crippen molar-refractivity contribution in [1.82, 2.24) is 20.4 Å². The second kappa shape index (κ2) is 5.06. The molecule has 0 aliphatic carbocycles. The predicted octanol–water partition coefficient (Wildman–Crippen LogP) is -0.0943. The van der Waals surface area contributed by atoms with Crippen molar-refractivity contribution in [1.29, 1.82) is 0 Å². The summed E-state index contributed by atoms with van der Waals surface area (Å²) >= 11 is 0. The van der Waals surface area contributed by atoms with Gasteiger partial charge >= 0.3 is 0 Å². The van der Waals surface area contributed by atoms with E-state index < -0.39 is 0 Å². The third-order valence-electron chi connectivity index (χ3n) is 2.04. The number of nitrogen functional groups attached to an aromatic ring is 1. The molecule has 7 nitrogen and oxygen atoms in total. The van der Waals surface area contributed by atoms with Crippen molar-refractivity contribution in [2.45, 2.75) is 13.0 Å². The minimum Gasteiger partial charge on any atom is -0.397 e. The Kier molecular flexibility index (Phi) is 3.29. The number of nitrogens with one attached hydrogen (secondary N) is 1. The summed E-state index contributed by atoms with van der Waals surface area (Å²) in [5.41, 5.74) is 6.72. The van der Waals surface area contributed by atoms with Crippen LogP contribution in [-0.4, -0.2) is 21.0 Å². The molecule has 2 aromatic heterocycles. The maximum atomic E-state index is 11.5. The zero-order valence-corrected chi connectivity index (χ0v) is 8.96. The van der Waals surface area contributed by atoms with Crippen molar-refractivity contribution < 1.29 is 9.32 Å². The topological polar surface area (TPSA) is 107 Å². The Morgan fingerprint density at radius 3 is 2.94 bits per heavy atom. The summed E-state index contributed by atoms with van der Waals surface area (Å²) in [7, 11) is 0. The second-order valence-corrected chi connectivity index (χ2v) is 3.38. The van der Waals surface area contributed by atoms with Gasteiger partial charge in [-0.3, -0.25) is 9.78 Å². The van der Waals surface area contributed by atoms with E-state index in [4.69, 9.17) is 5.73 Å². The number of hydrogen-bond acceptors (Lipinski definition) is 6. The molecule has 17 heavy (non-hydrogen) atoms. The molecule has 88 valence electrons. The fourth-order valence-corrected chi connectivity index (χ4v) is 1.22. The number of carbonyl (C=O) groups is 1. The smallest absolute Gasteiger partial charge is 0.226 e. The van der Waals surface area contributed by atoms with E-state index in [9.17, 15) is 4.79 Å². The standard InChI is InChI=1S/C10H11N5O2/c11-7-1-2-8(12-4-7)3-10(16)13-5-9-14-6-17-15-9/h1-2,4,6H,3,5,11H2,(H,13,16). The molecule has 0 fully saturated rings. The van der Waals surface area contributed by atoms with Crippen LogP contribution in [0, 0.1) is 0 Å². The number of amides is 1. The van der Waals surface area contributed by atoms with Gasteiger partial charge in [0.05, 0.1) is 24.8 Å². The van der Waals surface area contributed by atoms with Crippen molar-refractivity contribution in [2.75, 3.05) is 5.73 Å². The third-order valence-corrected chi connectivity index (χ3v) is 2.04. The Balaban J connectivity index is 1.83. The summed E-state index contributed by atoms with van der Waals surface area (Å²) in [6.07, 6.45) is 2.92. The number of carbonyl (C=O) groups excluding carboxylic acids is 1. The molecule has 2 aromatic rings. The molecule has 2 heterocycles. The fourth-order valence-electron chi connectivity index (χ4n) is 1.22. The number of rotatable bonds is 4. The molecule has 7 heteroatoms. The number of anilines is 1. The first-order valence-corrected chi connectivity index (χ1v) is 4.96. The van der Waals surface area contributed by atoms with Crippen LogP contribution in [0.25, 0.3) is 0 Å². The van der Waals surface area contributed by atoms with E-state index in [-0.39, 0.29) is 18.9 Å². The Hall–Kier alpha value is -2.44. The molecule has 3 N–H and O–H groups in total. The number of hydrogen-bond donors (Lipinski definition) is 2. The lowest BCUT2D eigenvalue weighted by atomic mass is 10.2. The lowest BCUT2D eigenvalue weighted by molar-refractivity contribution is -0.120. The molecular formula is C10H11N5O2. The summed E-state index contributed by atoms with van der Waals surface area (Å²) in [4.78, 5) is 19.3. The minimum absolute atomic E-state index is 0.160. The minimum atomic E-state index is -0.160. The molecule has 2 rings (SSSR count). The number of aromatic nitrogens is 3. The van der Waals surface area contributed by atoms with Gasteiger partial charge in [0.15, 0.2) is 5.82 Å². The highest BCUT2D eigenvalue weighted by molar-refractivity contribution is 5.78. The third kappa shape index (κ3) is 3.26. The summed E-state index contributed by atoms with van der Waals surface area (Å²) in [5, 5.41) is 6.23. The van der Waals surface area contributed by atoms with Gasteiger partial charge in [-0.2, -0.15) is 4.98 Å². The number of pyridine rings is 1. The van der Waals surface area contributed by atoms with Gasteiger partial charge in [0.2, 0.25) is 12.3 Å². The van der Waals surface area contributed by atoms with E-state index in [0.29, 0.717) is 17.2 Å². The molecule has 0 spiro atoms. The fraction of sp³-hybridized carbons (Fsp3) is 0.200. The first kappa shape index (κ1) is 11.1. The Morgan fingerprint density at radius 1 is 1.41 bits per heavy atom. The summed E-state index contributed by atoms with van der Waals surface area (Å²) < 4.78 is 4.54. The van der Waals surface area contributed by atoms with Gasteiger partial charge in [-0.05, 0) is 12.1 Å². The largest absolute Gasteiger partial charge is 0.397 e. The highest BCUT2D eigenvalue weighted by Crippen LogP contribution is 2.01. The molecule has 0 saturated carbocycles. The lowest BCUT2D eigenvalue weighted by Gasteiger charge is -2.02. The molecular weight excluding hydrogens is 222 g/mol. The van der Waals surface area contributed by atoms with Crippen LogP contribution >= 0.6 is 0 Å². The zero-order valence-electron chi connectivity index (χ0n) is 8.96. The van der Waals surface area contributed by atoms with Gasteiger partial charge in [0.1, 0.15) is 0 Å². The molecule has 0 unspecified atom stereocenters. The average Bonchev–Trinajstić information content (AvgIpc) is 2.83. The van der Waals surface area contributed by atoms with Crippen LogP contribution in [-0.2, 0) is 17.8 Å². The quantitative estimate of drug-likeness (QED) is 0.764. The van der Waals surface area contributed by atoms with Gasteiger partial charge in [0.25, 0.3) is 0 Å². The predicted molar refractivity (Wildman–Crippen MR) is 58.5 cm³/mol. The summed E-state index contributed by atoms with van der Waals surface area (Å²) in [5.74, 6) is 0.274. The van der Waals surface area contributed by atoms with E-state index in [0.717, 1.165) is 0 Å². The molecule has 0 aromatic carbocycles. The Morgan fingerprint density at radius 2 is 2.29 bits per heavy atom. The van der Waals surface area contributed by atoms with E-state index >= 15 is 0 Å². The number of nitrogens with two attached hydrogens (primary N) is 1. The highest BCUT2D eigenvalue weighted by Gasteiger charge is 2.05. The molecule has 0 saturated heterocycles. The molecule has 0 aliphatic rings. The second-order valence-electron chi connectivity index (χ2n) is 3.38. The SMILES string of the molecule is Nc1ccc(CC(=O)NCc2ncon2)nc1. The van der Waals surface area contributed by atoms with Crippen molar-refractivity contribution in [3.05, 3.63) is 36.2 Å². The zero-order chi connectivity index (χ0) is 12.1. The maximum Gasteiger partial charge on any atom is 0.226 e.